The number of aldehydes is 1. The van der Waals surface area contributed by atoms with Crippen LogP contribution in [0.5, 0.6) is 0 Å². The molecule has 3 nitrogen and oxygen atoms in total. The van der Waals surface area contributed by atoms with Gasteiger partial charge in [0.05, 0.1) is 0 Å². The Bertz CT molecular complexity index is 465. The van der Waals surface area contributed by atoms with Crippen molar-refractivity contribution in [1.82, 2.24) is 5.16 Å². The number of hydrogen-bond donors (Lipinski definition) is 0. The summed E-state index contributed by atoms with van der Waals surface area (Å²) >= 11 is 5.79. The lowest BCUT2D eigenvalue weighted by Gasteiger charge is -1.98. The van der Waals surface area contributed by atoms with E-state index in [1.165, 1.54) is 0 Å². The van der Waals surface area contributed by atoms with E-state index in [4.69, 9.17) is 16.1 Å². The summed E-state index contributed by atoms with van der Waals surface area (Å²) < 4.78 is 4.74. The molecule has 0 bridgehead atoms. The van der Waals surface area contributed by atoms with Crippen LogP contribution < -0.4 is 0 Å². The van der Waals surface area contributed by atoms with Gasteiger partial charge in [0.25, 0.3) is 0 Å². The number of benzene rings is 1. The molecule has 0 spiro atoms. The summed E-state index contributed by atoms with van der Waals surface area (Å²) in [4.78, 5) is 10.6. The van der Waals surface area contributed by atoms with Gasteiger partial charge in [0.15, 0.2) is 12.0 Å². The summed E-state index contributed by atoms with van der Waals surface area (Å²) in [6.45, 7) is 0. The lowest BCUT2D eigenvalue weighted by atomic mass is 10.1. The molecule has 0 N–H and O–H groups in total. The molecule has 1 aromatic carbocycles. The van der Waals surface area contributed by atoms with E-state index in [-0.39, 0.29) is 10.9 Å². The first kappa shape index (κ1) is 9.93. The molecule has 2 rings (SSSR count). The highest BCUT2D eigenvalue weighted by Gasteiger charge is 2.13. The average Bonchev–Trinajstić information content (AvgIpc) is 2.62. The molecule has 0 saturated heterocycles. The zero-order chi connectivity index (χ0) is 10.7. The van der Waals surface area contributed by atoms with Crippen molar-refractivity contribution in [2.45, 2.75) is 6.42 Å². The Morgan fingerprint density at radius 2 is 2.07 bits per heavy atom. The smallest absolute Gasteiger partial charge is 0.230 e. The summed E-state index contributed by atoms with van der Waals surface area (Å²) in [5.74, 6) is 0. The molecule has 4 heteroatoms. The van der Waals surface area contributed by atoms with E-state index in [2.05, 4.69) is 5.16 Å². The molecule has 0 unspecified atom stereocenters. The fourth-order valence-electron chi connectivity index (χ4n) is 1.35. The van der Waals surface area contributed by atoms with Crippen LogP contribution in [0.3, 0.4) is 0 Å². The fraction of sp³-hybridized carbons (Fsp3) is 0.0909. The standard InChI is InChI=1S/C11H8ClNO2/c12-11-9(10(7-14)13-15-11)6-8-4-2-1-3-5-8/h1-5,7H,6H2. The van der Waals surface area contributed by atoms with Crippen LogP contribution >= 0.6 is 11.6 Å². The maximum absolute atomic E-state index is 10.6. The summed E-state index contributed by atoms with van der Waals surface area (Å²) in [5, 5.41) is 3.74. The van der Waals surface area contributed by atoms with Gasteiger partial charge in [-0.05, 0) is 17.2 Å². The van der Waals surface area contributed by atoms with E-state index < -0.39 is 0 Å². The summed E-state index contributed by atoms with van der Waals surface area (Å²) in [6, 6.07) is 9.70. The van der Waals surface area contributed by atoms with Crippen molar-refractivity contribution in [2.24, 2.45) is 0 Å². The number of halogens is 1. The van der Waals surface area contributed by atoms with Crippen LogP contribution in [-0.2, 0) is 6.42 Å². The second-order valence-electron chi connectivity index (χ2n) is 3.10. The van der Waals surface area contributed by atoms with Gasteiger partial charge in [0.1, 0.15) is 0 Å². The third kappa shape index (κ3) is 2.07. The second-order valence-corrected chi connectivity index (χ2v) is 3.44. The summed E-state index contributed by atoms with van der Waals surface area (Å²) in [7, 11) is 0. The maximum Gasteiger partial charge on any atom is 0.230 e. The lowest BCUT2D eigenvalue weighted by molar-refractivity contribution is 0.111. The van der Waals surface area contributed by atoms with Gasteiger partial charge in [0.2, 0.25) is 5.22 Å². The zero-order valence-electron chi connectivity index (χ0n) is 7.81. The molecule has 0 aliphatic rings. The molecule has 0 amide bonds. The van der Waals surface area contributed by atoms with Crippen LogP contribution in [0.4, 0.5) is 0 Å². The minimum Gasteiger partial charge on any atom is -0.343 e. The van der Waals surface area contributed by atoms with Gasteiger partial charge in [-0.25, -0.2) is 0 Å². The van der Waals surface area contributed by atoms with Crippen LogP contribution in [0.15, 0.2) is 34.9 Å². The van der Waals surface area contributed by atoms with E-state index in [0.717, 1.165) is 5.56 Å². The van der Waals surface area contributed by atoms with Gasteiger partial charge < -0.3 is 4.52 Å². The molecule has 0 aliphatic carbocycles. The van der Waals surface area contributed by atoms with Gasteiger partial charge in [-0.1, -0.05) is 35.5 Å². The van der Waals surface area contributed by atoms with Crippen molar-refractivity contribution in [2.75, 3.05) is 0 Å². The van der Waals surface area contributed by atoms with Crippen LogP contribution in [0.1, 0.15) is 21.6 Å². The van der Waals surface area contributed by atoms with Gasteiger partial charge in [-0.3, -0.25) is 4.79 Å². The summed E-state index contributed by atoms with van der Waals surface area (Å²) in [6.07, 6.45) is 1.20. The van der Waals surface area contributed by atoms with Gasteiger partial charge in [-0.2, -0.15) is 0 Å². The van der Waals surface area contributed by atoms with Crippen molar-refractivity contribution in [3.63, 3.8) is 0 Å². The van der Waals surface area contributed by atoms with Crippen molar-refractivity contribution in [1.29, 1.82) is 0 Å². The molecule has 1 heterocycles. The molecule has 0 radical (unpaired) electrons. The highest BCUT2D eigenvalue weighted by Crippen LogP contribution is 2.21. The third-order valence-electron chi connectivity index (χ3n) is 2.11. The number of hydrogen-bond acceptors (Lipinski definition) is 3. The first-order chi connectivity index (χ1) is 7.31. The van der Waals surface area contributed by atoms with Gasteiger partial charge >= 0.3 is 0 Å². The number of nitrogens with zero attached hydrogens (tertiary/aromatic N) is 1. The molecule has 0 fully saturated rings. The Morgan fingerprint density at radius 1 is 1.33 bits per heavy atom. The Morgan fingerprint density at radius 3 is 2.73 bits per heavy atom. The molecule has 0 atom stereocenters. The second kappa shape index (κ2) is 4.28. The van der Waals surface area contributed by atoms with Gasteiger partial charge in [0, 0.05) is 12.0 Å². The predicted octanol–water partition coefficient (Wildman–Crippen LogP) is 2.73. The predicted molar refractivity (Wildman–Crippen MR) is 56.1 cm³/mol. The molecule has 76 valence electrons. The van der Waals surface area contributed by atoms with Crippen LogP contribution in [0.2, 0.25) is 5.22 Å². The van der Waals surface area contributed by atoms with Crippen molar-refractivity contribution < 1.29 is 9.32 Å². The minimum atomic E-state index is 0.181. The lowest BCUT2D eigenvalue weighted by Crippen LogP contribution is -1.92. The molecular formula is C11H8ClNO2. The Balaban J connectivity index is 2.31. The van der Waals surface area contributed by atoms with Gasteiger partial charge in [-0.15, -0.1) is 0 Å². The maximum atomic E-state index is 10.6. The minimum absolute atomic E-state index is 0.181. The first-order valence-electron chi connectivity index (χ1n) is 4.44. The number of carbonyl (C=O) groups is 1. The van der Waals surface area contributed by atoms with E-state index in [0.29, 0.717) is 18.3 Å². The SMILES string of the molecule is O=Cc1noc(Cl)c1Cc1ccccc1. The van der Waals surface area contributed by atoms with Crippen LogP contribution in [-0.4, -0.2) is 11.4 Å². The molecule has 0 aliphatic heterocycles. The van der Waals surface area contributed by atoms with Crippen LogP contribution in [0, 0.1) is 0 Å². The number of carbonyl (C=O) groups excluding carboxylic acids is 1. The van der Waals surface area contributed by atoms with E-state index in [9.17, 15) is 4.79 Å². The zero-order valence-corrected chi connectivity index (χ0v) is 8.57. The van der Waals surface area contributed by atoms with E-state index in [1.807, 2.05) is 30.3 Å². The Kier molecular flexibility index (Phi) is 2.83. The number of rotatable bonds is 3. The van der Waals surface area contributed by atoms with E-state index in [1.54, 1.807) is 0 Å². The molecule has 1 aromatic heterocycles. The molecule has 0 saturated carbocycles. The molecule has 2 aromatic rings. The van der Waals surface area contributed by atoms with Crippen molar-refractivity contribution >= 4 is 17.9 Å². The Hall–Kier alpha value is -1.61. The van der Waals surface area contributed by atoms with Crippen molar-refractivity contribution in [3.8, 4) is 0 Å². The monoisotopic (exact) mass is 221 g/mol. The first-order valence-corrected chi connectivity index (χ1v) is 4.82. The third-order valence-corrected chi connectivity index (χ3v) is 2.40. The normalized spacial score (nSPS) is 10.2. The fourth-order valence-corrected chi connectivity index (χ4v) is 1.55. The highest BCUT2D eigenvalue weighted by molar-refractivity contribution is 6.29. The number of aromatic nitrogens is 1. The Labute approximate surface area is 91.6 Å². The topological polar surface area (TPSA) is 43.1 Å². The highest BCUT2D eigenvalue weighted by atomic mass is 35.5. The van der Waals surface area contributed by atoms with Crippen LogP contribution in [0.25, 0.3) is 0 Å². The van der Waals surface area contributed by atoms with E-state index >= 15 is 0 Å². The quantitative estimate of drug-likeness (QED) is 0.749. The largest absolute Gasteiger partial charge is 0.343 e. The summed E-state index contributed by atoms with van der Waals surface area (Å²) in [5.41, 5.74) is 1.97. The molecule has 15 heavy (non-hydrogen) atoms. The van der Waals surface area contributed by atoms with Crippen molar-refractivity contribution in [3.05, 3.63) is 52.4 Å². The average molecular weight is 222 g/mol. The molecular weight excluding hydrogens is 214 g/mol.